The molecule has 0 saturated carbocycles. The molecule has 0 aliphatic rings. The average Bonchev–Trinajstić information content (AvgIpc) is 2.19. The third kappa shape index (κ3) is 2.88. The van der Waals surface area contributed by atoms with Crippen molar-refractivity contribution in [3.05, 3.63) is 23.8 Å². The first-order valence-corrected chi connectivity index (χ1v) is 5.66. The maximum atomic E-state index is 5.92. The summed E-state index contributed by atoms with van der Waals surface area (Å²) in [6.45, 7) is 10.9. The van der Waals surface area contributed by atoms with Crippen LogP contribution in [0.4, 0.5) is 11.4 Å². The number of rotatable bonds is 4. The lowest BCUT2D eigenvalue weighted by Gasteiger charge is -2.27. The first-order chi connectivity index (χ1) is 7.06. The molecule has 1 aromatic rings. The van der Waals surface area contributed by atoms with Crippen LogP contribution in [0.2, 0.25) is 0 Å². The van der Waals surface area contributed by atoms with Crippen molar-refractivity contribution >= 4 is 11.4 Å². The molecule has 0 aliphatic carbocycles. The van der Waals surface area contributed by atoms with Crippen molar-refractivity contribution in [2.24, 2.45) is 5.92 Å². The minimum atomic E-state index is 0.672. The van der Waals surface area contributed by atoms with Crippen molar-refractivity contribution in [2.75, 3.05) is 23.7 Å². The summed E-state index contributed by atoms with van der Waals surface area (Å²) in [4.78, 5) is 2.39. The molecule has 2 nitrogen and oxygen atoms in total. The van der Waals surface area contributed by atoms with Crippen LogP contribution in [0.15, 0.2) is 18.2 Å². The van der Waals surface area contributed by atoms with Gasteiger partial charge in [0.2, 0.25) is 0 Å². The maximum absolute atomic E-state index is 5.92. The highest BCUT2D eigenvalue weighted by molar-refractivity contribution is 5.64. The van der Waals surface area contributed by atoms with E-state index in [1.54, 1.807) is 0 Å². The van der Waals surface area contributed by atoms with Gasteiger partial charge in [-0.1, -0.05) is 19.9 Å². The lowest BCUT2D eigenvalue weighted by Crippen LogP contribution is -2.28. The number of nitrogens with zero attached hydrogens (tertiary/aromatic N) is 1. The largest absolute Gasteiger partial charge is 0.398 e. The van der Waals surface area contributed by atoms with Gasteiger partial charge in [0.25, 0.3) is 0 Å². The normalized spacial score (nSPS) is 10.7. The van der Waals surface area contributed by atoms with Crippen molar-refractivity contribution in [1.29, 1.82) is 0 Å². The van der Waals surface area contributed by atoms with Crippen LogP contribution in [-0.2, 0) is 0 Å². The second-order valence-electron chi connectivity index (χ2n) is 4.42. The Balaban J connectivity index is 2.96. The third-order valence-electron chi connectivity index (χ3n) is 2.66. The van der Waals surface area contributed by atoms with Gasteiger partial charge in [0, 0.05) is 24.5 Å². The molecule has 1 rings (SSSR count). The Kier molecular flexibility index (Phi) is 4.01. The quantitative estimate of drug-likeness (QED) is 0.767. The fourth-order valence-corrected chi connectivity index (χ4v) is 1.82. The van der Waals surface area contributed by atoms with E-state index >= 15 is 0 Å². The van der Waals surface area contributed by atoms with Crippen molar-refractivity contribution in [2.45, 2.75) is 27.7 Å². The summed E-state index contributed by atoms with van der Waals surface area (Å²) in [7, 11) is 0. The highest BCUT2D eigenvalue weighted by atomic mass is 15.1. The molecule has 15 heavy (non-hydrogen) atoms. The highest BCUT2D eigenvalue weighted by Crippen LogP contribution is 2.25. The number of benzene rings is 1. The number of nitrogens with two attached hydrogens (primary N) is 1. The minimum absolute atomic E-state index is 0.672. The summed E-state index contributed by atoms with van der Waals surface area (Å²) in [6.07, 6.45) is 0. The molecule has 0 radical (unpaired) electrons. The highest BCUT2D eigenvalue weighted by Gasteiger charge is 2.09. The molecule has 0 unspecified atom stereocenters. The Morgan fingerprint density at radius 2 is 2.00 bits per heavy atom. The first-order valence-electron chi connectivity index (χ1n) is 5.66. The van der Waals surface area contributed by atoms with Gasteiger partial charge in [-0.25, -0.2) is 0 Å². The molecule has 0 atom stereocenters. The smallest absolute Gasteiger partial charge is 0.0416 e. The maximum Gasteiger partial charge on any atom is 0.0416 e. The molecule has 0 saturated heterocycles. The van der Waals surface area contributed by atoms with Crippen molar-refractivity contribution in [1.82, 2.24) is 0 Å². The van der Waals surface area contributed by atoms with Crippen molar-refractivity contribution in [3.63, 3.8) is 0 Å². The second kappa shape index (κ2) is 5.06. The molecule has 84 valence electrons. The zero-order valence-electron chi connectivity index (χ0n) is 10.2. The van der Waals surface area contributed by atoms with Gasteiger partial charge in [0.05, 0.1) is 0 Å². The summed E-state index contributed by atoms with van der Waals surface area (Å²) in [5.41, 5.74) is 9.27. The molecule has 0 spiro atoms. The molecule has 0 aromatic heterocycles. The van der Waals surface area contributed by atoms with Gasteiger partial charge in [0.1, 0.15) is 0 Å². The van der Waals surface area contributed by atoms with Crippen LogP contribution in [0.1, 0.15) is 26.3 Å². The van der Waals surface area contributed by atoms with Crippen LogP contribution in [-0.4, -0.2) is 13.1 Å². The van der Waals surface area contributed by atoms with Gasteiger partial charge in [-0.2, -0.15) is 0 Å². The van der Waals surface area contributed by atoms with Crippen LogP contribution in [0.5, 0.6) is 0 Å². The van der Waals surface area contributed by atoms with Crippen molar-refractivity contribution in [3.8, 4) is 0 Å². The van der Waals surface area contributed by atoms with E-state index in [0.29, 0.717) is 5.92 Å². The Labute approximate surface area is 93.1 Å². The molecule has 0 heterocycles. The van der Waals surface area contributed by atoms with E-state index in [0.717, 1.165) is 18.8 Å². The predicted molar refractivity (Wildman–Crippen MR) is 68.3 cm³/mol. The van der Waals surface area contributed by atoms with Crippen LogP contribution in [0.25, 0.3) is 0 Å². The Hall–Kier alpha value is -1.18. The number of nitrogen functional groups attached to an aromatic ring is 1. The number of hydrogen-bond acceptors (Lipinski definition) is 2. The molecule has 0 amide bonds. The van der Waals surface area contributed by atoms with Gasteiger partial charge in [-0.15, -0.1) is 0 Å². The van der Waals surface area contributed by atoms with Gasteiger partial charge in [-0.3, -0.25) is 0 Å². The fourth-order valence-electron chi connectivity index (χ4n) is 1.82. The van der Waals surface area contributed by atoms with Gasteiger partial charge in [0.15, 0.2) is 0 Å². The summed E-state index contributed by atoms with van der Waals surface area (Å²) >= 11 is 0. The zero-order valence-corrected chi connectivity index (χ0v) is 10.2. The fraction of sp³-hybridized carbons (Fsp3) is 0.538. The standard InChI is InChI=1S/C13H22N2/c1-5-15(9-10(2)3)13-8-6-7-12(14)11(13)4/h6-8,10H,5,9,14H2,1-4H3. The SMILES string of the molecule is CCN(CC(C)C)c1cccc(N)c1C. The number of hydrogen-bond donors (Lipinski definition) is 1. The van der Waals surface area contributed by atoms with E-state index in [1.165, 1.54) is 11.3 Å². The van der Waals surface area contributed by atoms with E-state index in [1.807, 2.05) is 12.1 Å². The van der Waals surface area contributed by atoms with E-state index < -0.39 is 0 Å². The van der Waals surface area contributed by atoms with E-state index in [2.05, 4.69) is 38.7 Å². The predicted octanol–water partition coefficient (Wildman–Crippen LogP) is 3.06. The third-order valence-corrected chi connectivity index (χ3v) is 2.66. The zero-order chi connectivity index (χ0) is 11.4. The molecule has 2 N–H and O–H groups in total. The number of anilines is 2. The molecule has 1 aromatic carbocycles. The summed E-state index contributed by atoms with van der Waals surface area (Å²) in [5, 5.41) is 0. The van der Waals surface area contributed by atoms with Gasteiger partial charge in [-0.05, 0) is 37.5 Å². The average molecular weight is 206 g/mol. The van der Waals surface area contributed by atoms with Crippen molar-refractivity contribution < 1.29 is 0 Å². The summed E-state index contributed by atoms with van der Waals surface area (Å²) in [6, 6.07) is 6.14. The molecular formula is C13H22N2. The van der Waals surface area contributed by atoms with E-state index in [-0.39, 0.29) is 0 Å². The second-order valence-corrected chi connectivity index (χ2v) is 4.42. The van der Waals surface area contributed by atoms with E-state index in [9.17, 15) is 0 Å². The van der Waals surface area contributed by atoms with Crippen LogP contribution < -0.4 is 10.6 Å². The van der Waals surface area contributed by atoms with Crippen LogP contribution in [0, 0.1) is 12.8 Å². The molecular weight excluding hydrogens is 184 g/mol. The first kappa shape index (κ1) is 11.9. The minimum Gasteiger partial charge on any atom is -0.398 e. The lowest BCUT2D eigenvalue weighted by molar-refractivity contribution is 0.618. The van der Waals surface area contributed by atoms with Crippen LogP contribution in [0.3, 0.4) is 0 Å². The Morgan fingerprint density at radius 1 is 1.33 bits per heavy atom. The molecule has 0 fully saturated rings. The monoisotopic (exact) mass is 206 g/mol. The molecule has 2 heteroatoms. The topological polar surface area (TPSA) is 29.3 Å². The van der Waals surface area contributed by atoms with Crippen LogP contribution >= 0.6 is 0 Å². The summed E-state index contributed by atoms with van der Waals surface area (Å²) in [5.74, 6) is 0.672. The summed E-state index contributed by atoms with van der Waals surface area (Å²) < 4.78 is 0. The van der Waals surface area contributed by atoms with Gasteiger partial charge < -0.3 is 10.6 Å². The molecule has 0 aliphatic heterocycles. The Bertz CT molecular complexity index is 318. The van der Waals surface area contributed by atoms with E-state index in [4.69, 9.17) is 5.73 Å². The lowest BCUT2D eigenvalue weighted by atomic mass is 10.1. The Morgan fingerprint density at radius 3 is 2.53 bits per heavy atom. The molecule has 0 bridgehead atoms. The van der Waals surface area contributed by atoms with Gasteiger partial charge >= 0.3 is 0 Å².